The van der Waals surface area contributed by atoms with Crippen LogP contribution in [-0.2, 0) is 16.0 Å². The van der Waals surface area contributed by atoms with Gasteiger partial charge in [-0.2, -0.15) is 9.78 Å². The summed E-state index contributed by atoms with van der Waals surface area (Å²) in [6, 6.07) is 20.2. The lowest BCUT2D eigenvalue weighted by atomic mass is 10.1. The van der Waals surface area contributed by atoms with Crippen molar-refractivity contribution in [1.29, 1.82) is 0 Å². The van der Waals surface area contributed by atoms with E-state index >= 15 is 0 Å². The van der Waals surface area contributed by atoms with Crippen LogP contribution in [0, 0.1) is 0 Å². The number of hydrogen-bond donors (Lipinski definition) is 0. The molecule has 1 aliphatic rings. The molecular weight excluding hydrogens is 560 g/mol. The highest BCUT2D eigenvalue weighted by molar-refractivity contribution is 5.85. The summed E-state index contributed by atoms with van der Waals surface area (Å²) in [6.45, 7) is 8.11. The highest BCUT2D eigenvalue weighted by Crippen LogP contribution is 2.34. The summed E-state index contributed by atoms with van der Waals surface area (Å²) in [5, 5.41) is 5.92. The molecule has 0 atom stereocenters. The van der Waals surface area contributed by atoms with Crippen molar-refractivity contribution in [3.05, 3.63) is 101 Å². The molecule has 1 aliphatic heterocycles. The second-order valence-corrected chi connectivity index (χ2v) is 10.2. The van der Waals surface area contributed by atoms with E-state index in [1.807, 2.05) is 49.4 Å². The Morgan fingerprint density at radius 2 is 1.86 bits per heavy atom. The molecule has 0 unspecified atom stereocenters. The summed E-state index contributed by atoms with van der Waals surface area (Å²) in [7, 11) is 0. The van der Waals surface area contributed by atoms with Gasteiger partial charge in [0.1, 0.15) is 5.58 Å². The van der Waals surface area contributed by atoms with Gasteiger partial charge in [0.2, 0.25) is 5.82 Å². The van der Waals surface area contributed by atoms with E-state index in [9.17, 15) is 9.59 Å². The molecular formula is C34H32N4O6. The number of para-hydroxylation sites is 2. The van der Waals surface area contributed by atoms with Gasteiger partial charge in [-0.05, 0) is 55.3 Å². The van der Waals surface area contributed by atoms with Crippen molar-refractivity contribution in [2.24, 2.45) is 5.10 Å². The number of aromatic nitrogens is 2. The minimum absolute atomic E-state index is 0.118. The molecule has 3 heterocycles. The number of morpholine rings is 1. The molecule has 1 saturated heterocycles. The van der Waals surface area contributed by atoms with Crippen LogP contribution in [0.2, 0.25) is 0 Å². The summed E-state index contributed by atoms with van der Waals surface area (Å²) >= 11 is 0. The highest BCUT2D eigenvalue weighted by Gasteiger charge is 2.20. The van der Waals surface area contributed by atoms with Crippen LogP contribution in [0.3, 0.4) is 0 Å². The standard InChI is InChI=1S/C34H32N4O6/c1-3-9-25-18-23(19-29(42-4-2)32(25)43-22-31(39)37-14-16-41-17-15-37)21-35-38-33(30-20-24-10-5-8-13-28(24)44-30)36-27-12-7-6-11-26(27)34(38)40/h3,5-8,10-13,18-21H,1,4,9,14-17,22H2,2H3. The van der Waals surface area contributed by atoms with Crippen LogP contribution in [0.15, 0.2) is 93.7 Å². The first-order chi connectivity index (χ1) is 21.6. The van der Waals surface area contributed by atoms with E-state index in [-0.39, 0.29) is 23.9 Å². The Morgan fingerprint density at radius 3 is 2.66 bits per heavy atom. The van der Waals surface area contributed by atoms with E-state index in [1.54, 1.807) is 41.5 Å². The van der Waals surface area contributed by atoms with E-state index in [0.29, 0.717) is 78.6 Å². The minimum atomic E-state index is -0.333. The largest absolute Gasteiger partial charge is 0.490 e. The van der Waals surface area contributed by atoms with Crippen LogP contribution in [-0.4, -0.2) is 66.2 Å². The molecule has 0 saturated carbocycles. The highest BCUT2D eigenvalue weighted by atomic mass is 16.5. The summed E-state index contributed by atoms with van der Waals surface area (Å²) < 4.78 is 24.7. The monoisotopic (exact) mass is 592 g/mol. The Balaban J connectivity index is 1.39. The molecule has 0 N–H and O–H groups in total. The average molecular weight is 593 g/mol. The van der Waals surface area contributed by atoms with E-state index in [1.165, 1.54) is 4.68 Å². The van der Waals surface area contributed by atoms with Gasteiger partial charge in [-0.15, -0.1) is 6.58 Å². The van der Waals surface area contributed by atoms with E-state index in [2.05, 4.69) is 11.7 Å². The number of furan rings is 1. The molecule has 1 amide bonds. The van der Waals surface area contributed by atoms with Crippen LogP contribution in [0.1, 0.15) is 18.1 Å². The molecule has 44 heavy (non-hydrogen) atoms. The number of fused-ring (bicyclic) bond motifs is 2. The molecule has 10 heteroatoms. The van der Waals surface area contributed by atoms with Crippen LogP contribution in [0.4, 0.5) is 0 Å². The number of ether oxygens (including phenoxy) is 3. The third kappa shape index (κ3) is 5.97. The van der Waals surface area contributed by atoms with Crippen molar-refractivity contribution in [2.45, 2.75) is 13.3 Å². The third-order valence-corrected chi connectivity index (χ3v) is 7.24. The predicted octanol–water partition coefficient (Wildman–Crippen LogP) is 5.06. The maximum absolute atomic E-state index is 13.7. The van der Waals surface area contributed by atoms with Crippen molar-refractivity contribution >= 4 is 34.0 Å². The van der Waals surface area contributed by atoms with Crippen LogP contribution < -0.4 is 15.0 Å². The molecule has 5 aromatic rings. The first-order valence-corrected chi connectivity index (χ1v) is 14.5. The third-order valence-electron chi connectivity index (χ3n) is 7.24. The fraction of sp³-hybridized carbons (Fsp3) is 0.235. The van der Waals surface area contributed by atoms with Gasteiger partial charge in [-0.1, -0.05) is 36.4 Å². The van der Waals surface area contributed by atoms with Crippen molar-refractivity contribution in [3.8, 4) is 23.1 Å². The number of carbonyl (C=O) groups is 1. The fourth-order valence-electron chi connectivity index (χ4n) is 5.14. The predicted molar refractivity (Wildman–Crippen MR) is 169 cm³/mol. The van der Waals surface area contributed by atoms with Gasteiger partial charge in [0.05, 0.1) is 36.9 Å². The minimum Gasteiger partial charge on any atom is -0.490 e. The molecule has 1 fully saturated rings. The summed E-state index contributed by atoms with van der Waals surface area (Å²) in [6.07, 6.45) is 3.78. The summed E-state index contributed by atoms with van der Waals surface area (Å²) in [4.78, 5) is 33.0. The Morgan fingerprint density at radius 1 is 1.07 bits per heavy atom. The van der Waals surface area contributed by atoms with Gasteiger partial charge in [-0.3, -0.25) is 9.59 Å². The van der Waals surface area contributed by atoms with Gasteiger partial charge < -0.3 is 23.5 Å². The Hall–Kier alpha value is -5.22. The van der Waals surface area contributed by atoms with Crippen LogP contribution in [0.5, 0.6) is 11.5 Å². The van der Waals surface area contributed by atoms with Gasteiger partial charge in [0.15, 0.2) is 23.9 Å². The number of benzene rings is 3. The first-order valence-electron chi connectivity index (χ1n) is 14.5. The van der Waals surface area contributed by atoms with Crippen LogP contribution in [0.25, 0.3) is 33.5 Å². The van der Waals surface area contributed by atoms with Gasteiger partial charge in [0.25, 0.3) is 11.5 Å². The molecule has 0 bridgehead atoms. The second kappa shape index (κ2) is 13.0. The fourth-order valence-corrected chi connectivity index (χ4v) is 5.14. The Labute approximate surface area is 253 Å². The number of allylic oxidation sites excluding steroid dienone is 1. The molecule has 2 aromatic heterocycles. The maximum atomic E-state index is 13.7. The molecule has 3 aromatic carbocycles. The number of hydrogen-bond acceptors (Lipinski definition) is 8. The van der Waals surface area contributed by atoms with Gasteiger partial charge in [0, 0.05) is 24.0 Å². The summed E-state index contributed by atoms with van der Waals surface area (Å²) in [5.74, 6) is 1.51. The molecule has 10 nitrogen and oxygen atoms in total. The first kappa shape index (κ1) is 28.9. The molecule has 0 aliphatic carbocycles. The van der Waals surface area contributed by atoms with Crippen LogP contribution >= 0.6 is 0 Å². The normalized spacial score (nSPS) is 13.5. The zero-order valence-corrected chi connectivity index (χ0v) is 24.4. The van der Waals surface area contributed by atoms with E-state index in [0.717, 1.165) is 10.9 Å². The number of nitrogens with zero attached hydrogens (tertiary/aromatic N) is 4. The quantitative estimate of drug-likeness (QED) is 0.165. The van der Waals surface area contributed by atoms with Crippen molar-refractivity contribution in [2.75, 3.05) is 39.5 Å². The molecule has 0 spiro atoms. The lowest BCUT2D eigenvalue weighted by molar-refractivity contribution is -0.137. The number of rotatable bonds is 10. The smallest absolute Gasteiger partial charge is 0.282 e. The lowest BCUT2D eigenvalue weighted by Crippen LogP contribution is -2.43. The zero-order valence-electron chi connectivity index (χ0n) is 24.4. The second-order valence-electron chi connectivity index (χ2n) is 10.2. The Kier molecular flexibility index (Phi) is 8.51. The molecule has 6 rings (SSSR count). The number of amides is 1. The molecule has 224 valence electrons. The van der Waals surface area contributed by atoms with Gasteiger partial charge >= 0.3 is 0 Å². The van der Waals surface area contributed by atoms with Crippen molar-refractivity contribution < 1.29 is 23.4 Å². The number of carbonyl (C=O) groups excluding carboxylic acids is 1. The topological polar surface area (TPSA) is 108 Å². The average Bonchev–Trinajstić information content (AvgIpc) is 3.49. The maximum Gasteiger partial charge on any atom is 0.282 e. The van der Waals surface area contributed by atoms with Crippen molar-refractivity contribution in [3.63, 3.8) is 0 Å². The van der Waals surface area contributed by atoms with Gasteiger partial charge in [-0.25, -0.2) is 4.98 Å². The summed E-state index contributed by atoms with van der Waals surface area (Å²) in [5.41, 5.74) is 2.31. The SMILES string of the molecule is C=CCc1cc(C=Nn2c(-c3cc4ccccc4o3)nc3ccccc3c2=O)cc(OCC)c1OCC(=O)N1CCOCC1. The van der Waals surface area contributed by atoms with E-state index in [4.69, 9.17) is 23.6 Å². The van der Waals surface area contributed by atoms with E-state index < -0.39 is 0 Å². The molecule has 0 radical (unpaired) electrons. The zero-order chi connectivity index (χ0) is 30.5. The Bertz CT molecular complexity index is 1890. The lowest BCUT2D eigenvalue weighted by Gasteiger charge is -2.27. The van der Waals surface area contributed by atoms with Crippen molar-refractivity contribution in [1.82, 2.24) is 14.6 Å².